The Labute approximate surface area is 145 Å². The molecule has 0 radical (unpaired) electrons. The molecule has 0 saturated heterocycles. The Balaban J connectivity index is 1.77. The van der Waals surface area contributed by atoms with Gasteiger partial charge < -0.3 is 15.5 Å². The van der Waals surface area contributed by atoms with Crippen LogP contribution in [0.15, 0.2) is 30.5 Å². The number of carbonyl (C=O) groups is 1. The van der Waals surface area contributed by atoms with Crippen LogP contribution in [0.2, 0.25) is 0 Å². The van der Waals surface area contributed by atoms with Crippen LogP contribution in [0.1, 0.15) is 27.3 Å². The van der Waals surface area contributed by atoms with Crippen LogP contribution in [0.3, 0.4) is 0 Å². The van der Waals surface area contributed by atoms with Crippen molar-refractivity contribution in [2.45, 2.75) is 13.0 Å². The fourth-order valence-corrected chi connectivity index (χ4v) is 2.55. The molecular weight excluding hydrogens is 318 g/mol. The number of hydrogen-bond acceptors (Lipinski definition) is 6. The number of amides is 1. The maximum Gasteiger partial charge on any atom is 0.275 e. The predicted molar refractivity (Wildman–Crippen MR) is 95.2 cm³/mol. The van der Waals surface area contributed by atoms with Gasteiger partial charge in [-0.1, -0.05) is 6.07 Å². The number of rotatable bonds is 4. The first-order chi connectivity index (χ1) is 12.1. The molecule has 2 aromatic rings. The number of amidine groups is 1. The van der Waals surface area contributed by atoms with Crippen molar-refractivity contribution in [1.29, 1.82) is 10.8 Å². The monoisotopic (exact) mass is 337 g/mol. The second-order valence-corrected chi connectivity index (χ2v) is 5.72. The summed E-state index contributed by atoms with van der Waals surface area (Å²) in [6.07, 6.45) is 3.69. The number of anilines is 1. The average Bonchev–Trinajstić information content (AvgIpc) is 2.66. The molecule has 0 aromatic carbocycles. The van der Waals surface area contributed by atoms with Gasteiger partial charge in [0.15, 0.2) is 5.84 Å². The summed E-state index contributed by atoms with van der Waals surface area (Å²) in [7, 11) is 1.59. The van der Waals surface area contributed by atoms with E-state index in [0.29, 0.717) is 17.2 Å². The van der Waals surface area contributed by atoms with E-state index in [1.807, 2.05) is 0 Å². The molecule has 3 heterocycles. The molecule has 8 heteroatoms. The molecular formula is C17H19N7O. The minimum absolute atomic E-state index is 0.0732. The van der Waals surface area contributed by atoms with Gasteiger partial charge >= 0.3 is 0 Å². The molecule has 1 aliphatic heterocycles. The molecule has 1 amide bonds. The van der Waals surface area contributed by atoms with Gasteiger partial charge in [0.2, 0.25) is 0 Å². The number of nitrogens with one attached hydrogen (secondary N) is 4. The lowest BCUT2D eigenvalue weighted by molar-refractivity contribution is 0.102. The minimum atomic E-state index is -0.343. The molecule has 3 rings (SSSR count). The molecule has 25 heavy (non-hydrogen) atoms. The van der Waals surface area contributed by atoms with E-state index in [2.05, 4.69) is 20.6 Å². The quantitative estimate of drug-likeness (QED) is 0.494. The van der Waals surface area contributed by atoms with Crippen LogP contribution in [0.4, 0.5) is 5.82 Å². The van der Waals surface area contributed by atoms with E-state index in [1.165, 1.54) is 10.5 Å². The van der Waals surface area contributed by atoms with Gasteiger partial charge in [-0.25, -0.2) is 4.98 Å². The van der Waals surface area contributed by atoms with E-state index >= 15 is 0 Å². The number of pyridine rings is 2. The summed E-state index contributed by atoms with van der Waals surface area (Å²) >= 11 is 0. The van der Waals surface area contributed by atoms with Crippen LogP contribution in [-0.2, 0) is 13.0 Å². The van der Waals surface area contributed by atoms with Crippen LogP contribution in [-0.4, -0.2) is 46.5 Å². The number of aromatic nitrogens is 2. The third-order valence-corrected chi connectivity index (χ3v) is 3.98. The highest BCUT2D eigenvalue weighted by molar-refractivity contribution is 6.03. The third kappa shape index (κ3) is 3.69. The molecule has 8 nitrogen and oxygen atoms in total. The zero-order valence-corrected chi connectivity index (χ0v) is 13.8. The highest BCUT2D eigenvalue weighted by atomic mass is 16.1. The van der Waals surface area contributed by atoms with Gasteiger partial charge in [0, 0.05) is 19.8 Å². The predicted octanol–water partition coefficient (Wildman–Crippen LogP) is 1.24. The molecule has 0 saturated carbocycles. The van der Waals surface area contributed by atoms with Gasteiger partial charge in [-0.15, -0.1) is 0 Å². The largest absolute Gasteiger partial charge is 0.319 e. The lowest BCUT2D eigenvalue weighted by Gasteiger charge is -2.17. The second-order valence-electron chi connectivity index (χ2n) is 5.72. The van der Waals surface area contributed by atoms with Gasteiger partial charge in [-0.3, -0.25) is 20.6 Å². The molecule has 1 aliphatic rings. The Morgan fingerprint density at radius 1 is 1.36 bits per heavy atom. The van der Waals surface area contributed by atoms with Crippen molar-refractivity contribution in [3.63, 3.8) is 0 Å². The maximum atomic E-state index is 12.4. The molecule has 0 bridgehead atoms. The number of fused-ring (bicyclic) bond motifs is 1. The Kier molecular flexibility index (Phi) is 4.80. The normalized spacial score (nSPS) is 12.8. The SMILES string of the molecule is CN(C=N)C(=N)c1cccc(NC(=O)c2cc3c(cn2)CCNC3)n1. The zero-order chi connectivity index (χ0) is 17.8. The summed E-state index contributed by atoms with van der Waals surface area (Å²) < 4.78 is 0. The minimum Gasteiger partial charge on any atom is -0.319 e. The van der Waals surface area contributed by atoms with Crippen molar-refractivity contribution >= 4 is 23.9 Å². The molecule has 128 valence electrons. The van der Waals surface area contributed by atoms with Gasteiger partial charge in [0.25, 0.3) is 5.91 Å². The van der Waals surface area contributed by atoms with Crippen LogP contribution < -0.4 is 10.6 Å². The van der Waals surface area contributed by atoms with Gasteiger partial charge in [-0.05, 0) is 42.3 Å². The van der Waals surface area contributed by atoms with Crippen molar-refractivity contribution in [1.82, 2.24) is 20.2 Å². The Hall–Kier alpha value is -3.13. The van der Waals surface area contributed by atoms with Crippen LogP contribution in [0.25, 0.3) is 0 Å². The first-order valence-corrected chi connectivity index (χ1v) is 7.88. The van der Waals surface area contributed by atoms with Crippen molar-refractivity contribution in [2.24, 2.45) is 0 Å². The van der Waals surface area contributed by atoms with Gasteiger partial charge in [0.1, 0.15) is 17.2 Å². The summed E-state index contributed by atoms with van der Waals surface area (Å²) in [6, 6.07) is 6.81. The molecule has 0 aliphatic carbocycles. The van der Waals surface area contributed by atoms with Crippen molar-refractivity contribution < 1.29 is 4.79 Å². The van der Waals surface area contributed by atoms with E-state index in [0.717, 1.165) is 31.4 Å². The molecule has 2 aromatic heterocycles. The Bertz CT molecular complexity index is 833. The van der Waals surface area contributed by atoms with E-state index in [9.17, 15) is 4.79 Å². The average molecular weight is 337 g/mol. The fourth-order valence-electron chi connectivity index (χ4n) is 2.55. The standard InChI is InChI=1S/C17H19N7O/c1-24(10-18)16(19)13-3-2-4-15(22-13)23-17(25)14-7-12-8-20-6-5-11(12)9-21-14/h2-4,7,9-10,18-20H,5-6,8H2,1H3,(H,22,23,25). The van der Waals surface area contributed by atoms with E-state index in [-0.39, 0.29) is 11.7 Å². The number of nitrogens with zero attached hydrogens (tertiary/aromatic N) is 3. The topological polar surface area (TPSA) is 118 Å². The summed E-state index contributed by atoms with van der Waals surface area (Å²) in [5, 5.41) is 21.1. The third-order valence-electron chi connectivity index (χ3n) is 3.98. The highest BCUT2D eigenvalue weighted by Crippen LogP contribution is 2.15. The zero-order valence-electron chi connectivity index (χ0n) is 13.8. The van der Waals surface area contributed by atoms with Crippen molar-refractivity contribution in [3.8, 4) is 0 Å². The van der Waals surface area contributed by atoms with E-state index in [1.54, 1.807) is 37.5 Å². The maximum absolute atomic E-state index is 12.4. The first-order valence-electron chi connectivity index (χ1n) is 7.88. The van der Waals surface area contributed by atoms with E-state index < -0.39 is 0 Å². The first kappa shape index (κ1) is 16.7. The summed E-state index contributed by atoms with van der Waals surface area (Å²) in [6.45, 7) is 1.66. The molecule has 0 unspecified atom stereocenters. The number of carbonyl (C=O) groups excluding carboxylic acids is 1. The molecule has 0 spiro atoms. The summed E-state index contributed by atoms with van der Waals surface area (Å²) in [5.41, 5.74) is 2.95. The Morgan fingerprint density at radius 3 is 3.00 bits per heavy atom. The Morgan fingerprint density at radius 2 is 2.20 bits per heavy atom. The van der Waals surface area contributed by atoms with Gasteiger partial charge in [0.05, 0.1) is 6.34 Å². The lowest BCUT2D eigenvalue weighted by atomic mass is 10.0. The van der Waals surface area contributed by atoms with Gasteiger partial charge in [-0.2, -0.15) is 0 Å². The molecule has 0 fully saturated rings. The molecule has 0 atom stereocenters. The lowest BCUT2D eigenvalue weighted by Crippen LogP contribution is -2.26. The van der Waals surface area contributed by atoms with Crippen LogP contribution in [0.5, 0.6) is 0 Å². The van der Waals surface area contributed by atoms with Crippen LogP contribution >= 0.6 is 0 Å². The van der Waals surface area contributed by atoms with Crippen molar-refractivity contribution in [2.75, 3.05) is 18.9 Å². The van der Waals surface area contributed by atoms with Crippen LogP contribution in [0, 0.1) is 10.8 Å². The summed E-state index contributed by atoms with van der Waals surface area (Å²) in [4.78, 5) is 22.3. The van der Waals surface area contributed by atoms with E-state index in [4.69, 9.17) is 10.8 Å². The second kappa shape index (κ2) is 7.18. The van der Waals surface area contributed by atoms with Crippen molar-refractivity contribution in [3.05, 3.63) is 53.0 Å². The number of hydrogen-bond donors (Lipinski definition) is 4. The molecule has 4 N–H and O–H groups in total. The smallest absolute Gasteiger partial charge is 0.275 e. The fraction of sp³-hybridized carbons (Fsp3) is 0.235. The highest BCUT2D eigenvalue weighted by Gasteiger charge is 2.15. The summed E-state index contributed by atoms with van der Waals surface area (Å²) in [5.74, 6) is 0.0670.